The second-order valence-corrected chi connectivity index (χ2v) is 6.63. The molecule has 2 rings (SSSR count). The van der Waals surface area contributed by atoms with Crippen molar-refractivity contribution in [1.29, 1.82) is 0 Å². The first-order chi connectivity index (χ1) is 7.97. The molecule has 0 aromatic carbocycles. The van der Waals surface area contributed by atoms with Crippen molar-refractivity contribution in [3.63, 3.8) is 0 Å². The van der Waals surface area contributed by atoms with Gasteiger partial charge in [0, 0.05) is 26.2 Å². The number of hydrogen-bond donors (Lipinski definition) is 2. The van der Waals surface area contributed by atoms with Crippen LogP contribution in [0.5, 0.6) is 0 Å². The Morgan fingerprint density at radius 2 is 1.94 bits per heavy atom. The van der Waals surface area contributed by atoms with Gasteiger partial charge in [0.1, 0.15) is 0 Å². The van der Waals surface area contributed by atoms with E-state index in [1.807, 2.05) is 7.05 Å². The normalized spacial score (nSPS) is 19.6. The van der Waals surface area contributed by atoms with Crippen LogP contribution in [0.2, 0.25) is 0 Å². The van der Waals surface area contributed by atoms with Crippen LogP contribution in [-0.2, 0) is 10.0 Å². The third-order valence-corrected chi connectivity index (χ3v) is 4.90. The summed E-state index contributed by atoms with van der Waals surface area (Å²) in [5.41, 5.74) is 5.36. The smallest absolute Gasteiger partial charge is 0.282 e. The third-order valence-electron chi connectivity index (χ3n) is 2.40. The van der Waals surface area contributed by atoms with Gasteiger partial charge in [-0.3, -0.25) is 0 Å². The number of hydrazine groups is 1. The lowest BCUT2D eigenvalue weighted by Crippen LogP contribution is -2.52. The van der Waals surface area contributed by atoms with Crippen LogP contribution in [0, 0.1) is 0 Å². The Labute approximate surface area is 103 Å². The van der Waals surface area contributed by atoms with E-state index in [0.717, 1.165) is 24.4 Å². The zero-order valence-corrected chi connectivity index (χ0v) is 11.0. The van der Waals surface area contributed by atoms with Gasteiger partial charge in [-0.05, 0) is 7.05 Å². The van der Waals surface area contributed by atoms with Gasteiger partial charge < -0.3 is 10.6 Å². The van der Waals surface area contributed by atoms with E-state index in [1.165, 1.54) is 0 Å². The summed E-state index contributed by atoms with van der Waals surface area (Å²) >= 11 is 0.852. The molecule has 10 heteroatoms. The van der Waals surface area contributed by atoms with Gasteiger partial charge in [-0.15, -0.1) is 15.0 Å². The van der Waals surface area contributed by atoms with Crippen LogP contribution in [-0.4, -0.2) is 61.8 Å². The lowest BCUT2D eigenvalue weighted by Gasteiger charge is -2.31. The van der Waals surface area contributed by atoms with Crippen molar-refractivity contribution in [3.05, 3.63) is 0 Å². The predicted octanol–water partition coefficient (Wildman–Crippen LogP) is -1.44. The predicted molar refractivity (Wildman–Crippen MR) is 63.7 cm³/mol. The van der Waals surface area contributed by atoms with Crippen molar-refractivity contribution < 1.29 is 8.42 Å². The van der Waals surface area contributed by atoms with E-state index in [1.54, 1.807) is 5.01 Å². The van der Waals surface area contributed by atoms with Crippen molar-refractivity contribution in [2.45, 2.75) is 4.34 Å². The minimum absolute atomic E-state index is 0.103. The number of sulfonamides is 1. The average molecular weight is 278 g/mol. The van der Waals surface area contributed by atoms with Gasteiger partial charge in [-0.25, -0.2) is 13.4 Å². The largest absolute Gasteiger partial charge is 0.374 e. The summed E-state index contributed by atoms with van der Waals surface area (Å²) in [7, 11) is -1.64. The maximum Gasteiger partial charge on any atom is 0.282 e. The summed E-state index contributed by atoms with van der Waals surface area (Å²) in [4.78, 5) is 4.61. The van der Waals surface area contributed by atoms with Gasteiger partial charge in [-0.2, -0.15) is 0 Å². The Morgan fingerprint density at radius 1 is 1.29 bits per heavy atom. The summed E-state index contributed by atoms with van der Waals surface area (Å²) in [6, 6.07) is 0. The number of nitrogens with one attached hydrogen (secondary N) is 1. The van der Waals surface area contributed by atoms with Gasteiger partial charge >= 0.3 is 0 Å². The summed E-state index contributed by atoms with van der Waals surface area (Å²) in [6.07, 6.45) is 0. The molecule has 1 aliphatic rings. The first-order valence-corrected chi connectivity index (χ1v) is 7.32. The fourth-order valence-corrected chi connectivity index (χ4v) is 3.33. The Bertz CT molecular complexity index is 478. The van der Waals surface area contributed by atoms with Crippen LogP contribution < -0.4 is 10.6 Å². The van der Waals surface area contributed by atoms with Crippen molar-refractivity contribution in [2.24, 2.45) is 0 Å². The van der Waals surface area contributed by atoms with Gasteiger partial charge in [0.2, 0.25) is 5.13 Å². The Kier molecular flexibility index (Phi) is 3.58. The molecule has 0 saturated carbocycles. The average Bonchev–Trinajstić information content (AvgIpc) is 2.69. The van der Waals surface area contributed by atoms with Crippen molar-refractivity contribution in [3.8, 4) is 0 Å². The van der Waals surface area contributed by atoms with E-state index in [9.17, 15) is 8.42 Å². The van der Waals surface area contributed by atoms with E-state index in [2.05, 4.69) is 19.9 Å². The third kappa shape index (κ3) is 3.10. The zero-order chi connectivity index (χ0) is 12.5. The molecule has 96 valence electrons. The molecule has 1 fully saturated rings. The second-order valence-electron chi connectivity index (χ2n) is 3.79. The van der Waals surface area contributed by atoms with Crippen LogP contribution >= 0.6 is 11.3 Å². The molecular weight excluding hydrogens is 264 g/mol. The van der Waals surface area contributed by atoms with E-state index in [-0.39, 0.29) is 9.47 Å². The fraction of sp³-hybridized carbons (Fsp3) is 0.714. The van der Waals surface area contributed by atoms with Crippen molar-refractivity contribution >= 4 is 26.5 Å². The van der Waals surface area contributed by atoms with Crippen LogP contribution in [0.15, 0.2) is 4.34 Å². The second kappa shape index (κ2) is 4.82. The molecule has 0 radical (unpaired) electrons. The van der Waals surface area contributed by atoms with Gasteiger partial charge in [0.15, 0.2) is 0 Å². The van der Waals surface area contributed by atoms with Crippen LogP contribution in [0.4, 0.5) is 5.13 Å². The first kappa shape index (κ1) is 12.6. The molecule has 0 atom stereocenters. The maximum absolute atomic E-state index is 11.9. The molecule has 17 heavy (non-hydrogen) atoms. The number of nitrogen functional groups attached to an aromatic ring is 1. The van der Waals surface area contributed by atoms with Crippen LogP contribution in [0.25, 0.3) is 0 Å². The first-order valence-electron chi connectivity index (χ1n) is 5.02. The number of nitrogens with two attached hydrogens (primary N) is 1. The Hall–Kier alpha value is -0.810. The molecule has 1 saturated heterocycles. The molecule has 1 aliphatic heterocycles. The molecule has 0 bridgehead atoms. The number of rotatable bonds is 3. The standard InChI is InChI=1S/C7H14N6O2S2/c1-12-2-4-13(5-3-12)11-17(14,15)7-10-9-6(8)16-7/h11H,2-5H2,1H3,(H2,8,9). The van der Waals surface area contributed by atoms with Crippen LogP contribution in [0.3, 0.4) is 0 Å². The molecule has 0 spiro atoms. The quantitative estimate of drug-likeness (QED) is 0.697. The van der Waals surface area contributed by atoms with E-state index in [0.29, 0.717) is 13.1 Å². The molecule has 2 heterocycles. The van der Waals surface area contributed by atoms with E-state index in [4.69, 9.17) is 5.73 Å². The zero-order valence-electron chi connectivity index (χ0n) is 9.33. The molecule has 1 aromatic rings. The van der Waals surface area contributed by atoms with Crippen molar-refractivity contribution in [2.75, 3.05) is 39.0 Å². The molecule has 0 aliphatic carbocycles. The lowest BCUT2D eigenvalue weighted by atomic mass is 10.4. The van der Waals surface area contributed by atoms with Crippen LogP contribution in [0.1, 0.15) is 0 Å². The van der Waals surface area contributed by atoms with E-state index >= 15 is 0 Å². The SMILES string of the molecule is CN1CCN(NS(=O)(=O)c2nnc(N)s2)CC1. The summed E-state index contributed by atoms with van der Waals surface area (Å²) in [5, 5.41) is 8.81. The number of anilines is 1. The highest BCUT2D eigenvalue weighted by Gasteiger charge is 2.24. The fourth-order valence-electron chi connectivity index (χ4n) is 1.44. The molecule has 3 N–H and O–H groups in total. The lowest BCUT2D eigenvalue weighted by molar-refractivity contribution is 0.135. The Morgan fingerprint density at radius 3 is 2.47 bits per heavy atom. The monoisotopic (exact) mass is 278 g/mol. The molecule has 1 aromatic heterocycles. The highest BCUT2D eigenvalue weighted by molar-refractivity contribution is 7.91. The highest BCUT2D eigenvalue weighted by Crippen LogP contribution is 2.16. The highest BCUT2D eigenvalue weighted by atomic mass is 32.2. The molecule has 0 unspecified atom stereocenters. The number of piperazine rings is 1. The topological polar surface area (TPSA) is 104 Å². The van der Waals surface area contributed by atoms with E-state index < -0.39 is 10.0 Å². The molecule has 8 nitrogen and oxygen atoms in total. The minimum Gasteiger partial charge on any atom is -0.374 e. The van der Waals surface area contributed by atoms with Gasteiger partial charge in [-0.1, -0.05) is 11.3 Å². The maximum atomic E-state index is 11.9. The Balaban J connectivity index is 2.03. The summed E-state index contributed by atoms with van der Waals surface area (Å²) < 4.78 is 23.7. The van der Waals surface area contributed by atoms with Crippen molar-refractivity contribution in [1.82, 2.24) is 24.9 Å². The summed E-state index contributed by atoms with van der Waals surface area (Å²) in [5.74, 6) is 0. The molecular formula is C7H14N6O2S2. The van der Waals surface area contributed by atoms with Gasteiger partial charge in [0.25, 0.3) is 14.4 Å². The number of nitrogens with zero attached hydrogens (tertiary/aromatic N) is 4. The summed E-state index contributed by atoms with van der Waals surface area (Å²) in [6.45, 7) is 2.93. The number of aromatic nitrogens is 2. The number of likely N-dealkylation sites (N-methyl/N-ethyl adjacent to an activating group) is 1. The minimum atomic E-state index is -3.63. The van der Waals surface area contributed by atoms with Gasteiger partial charge in [0.05, 0.1) is 0 Å². The number of hydrogen-bond acceptors (Lipinski definition) is 8. The molecule has 0 amide bonds.